The molecule has 0 aliphatic carbocycles. The number of rotatable bonds is 6. The predicted octanol–water partition coefficient (Wildman–Crippen LogP) is 5.01. The van der Waals surface area contributed by atoms with Gasteiger partial charge in [-0.1, -0.05) is 28.1 Å². The standard InChI is InChI=1S/C24H28BrN3O3/c1-15-13-28(14-16(2)31-15)10-11-30-20-8-9-21(22(29)12-20)24-23(17(3)26-27-24)18-4-6-19(25)7-5-18/h4-9,12,15-16,29H,10-11,13-14H2,1-3H3,(H,26,27)/t15-,16-/m1/s1. The smallest absolute Gasteiger partial charge is 0.128 e. The Labute approximate surface area is 191 Å². The van der Waals surface area contributed by atoms with E-state index in [0.717, 1.165) is 46.6 Å². The van der Waals surface area contributed by atoms with Gasteiger partial charge in [0.15, 0.2) is 0 Å². The topological polar surface area (TPSA) is 70.6 Å². The molecule has 31 heavy (non-hydrogen) atoms. The van der Waals surface area contributed by atoms with Crippen LogP contribution in [0.3, 0.4) is 0 Å². The number of aromatic hydroxyl groups is 1. The number of hydrogen-bond acceptors (Lipinski definition) is 5. The Bertz CT molecular complexity index is 1030. The number of hydrogen-bond donors (Lipinski definition) is 2. The summed E-state index contributed by atoms with van der Waals surface area (Å²) in [6.45, 7) is 9.38. The maximum Gasteiger partial charge on any atom is 0.128 e. The van der Waals surface area contributed by atoms with Gasteiger partial charge >= 0.3 is 0 Å². The molecule has 0 spiro atoms. The first-order valence-electron chi connectivity index (χ1n) is 10.6. The fourth-order valence-corrected chi connectivity index (χ4v) is 4.42. The fraction of sp³-hybridized carbons (Fsp3) is 0.375. The van der Waals surface area contributed by atoms with Crippen LogP contribution >= 0.6 is 15.9 Å². The summed E-state index contributed by atoms with van der Waals surface area (Å²) >= 11 is 3.48. The average molecular weight is 486 g/mol. The molecule has 2 atom stereocenters. The van der Waals surface area contributed by atoms with E-state index in [9.17, 15) is 5.11 Å². The van der Waals surface area contributed by atoms with Crippen molar-refractivity contribution in [2.75, 3.05) is 26.2 Å². The van der Waals surface area contributed by atoms with Crippen molar-refractivity contribution >= 4 is 15.9 Å². The molecule has 164 valence electrons. The van der Waals surface area contributed by atoms with Gasteiger partial charge in [-0.3, -0.25) is 10.00 Å². The molecule has 1 fully saturated rings. The molecule has 0 saturated carbocycles. The summed E-state index contributed by atoms with van der Waals surface area (Å²) in [5, 5.41) is 18.2. The monoisotopic (exact) mass is 485 g/mol. The quantitative estimate of drug-likeness (QED) is 0.513. The Morgan fingerprint density at radius 2 is 1.87 bits per heavy atom. The van der Waals surface area contributed by atoms with E-state index in [1.54, 1.807) is 6.07 Å². The summed E-state index contributed by atoms with van der Waals surface area (Å²) in [7, 11) is 0. The van der Waals surface area contributed by atoms with Crippen molar-refractivity contribution in [2.45, 2.75) is 33.0 Å². The number of phenols is 1. The van der Waals surface area contributed by atoms with E-state index in [4.69, 9.17) is 9.47 Å². The molecule has 0 bridgehead atoms. The van der Waals surface area contributed by atoms with E-state index >= 15 is 0 Å². The lowest BCUT2D eigenvalue weighted by atomic mass is 9.99. The molecule has 1 saturated heterocycles. The normalized spacial score (nSPS) is 19.5. The van der Waals surface area contributed by atoms with Crippen LogP contribution in [0.25, 0.3) is 22.4 Å². The second-order valence-corrected chi connectivity index (χ2v) is 9.04. The zero-order chi connectivity index (χ0) is 22.0. The Balaban J connectivity index is 1.47. The average Bonchev–Trinajstić information content (AvgIpc) is 3.09. The largest absolute Gasteiger partial charge is 0.507 e. The molecule has 4 rings (SSSR count). The third-order valence-electron chi connectivity index (χ3n) is 5.48. The van der Waals surface area contributed by atoms with E-state index in [0.29, 0.717) is 17.9 Å². The van der Waals surface area contributed by atoms with Crippen molar-refractivity contribution in [1.29, 1.82) is 0 Å². The molecule has 2 heterocycles. The molecule has 7 heteroatoms. The maximum atomic E-state index is 10.7. The van der Waals surface area contributed by atoms with E-state index in [1.807, 2.05) is 43.3 Å². The van der Waals surface area contributed by atoms with Crippen LogP contribution in [0.15, 0.2) is 46.9 Å². The SMILES string of the molecule is Cc1[nH]nc(-c2ccc(OCCN3C[C@@H](C)O[C@H](C)C3)cc2O)c1-c1ccc(Br)cc1. The molecule has 6 nitrogen and oxygen atoms in total. The minimum atomic E-state index is 0.149. The van der Waals surface area contributed by atoms with Crippen LogP contribution in [0.2, 0.25) is 0 Å². The number of H-pyrrole nitrogens is 1. The summed E-state index contributed by atoms with van der Waals surface area (Å²) in [5.74, 6) is 0.795. The lowest BCUT2D eigenvalue weighted by Crippen LogP contribution is -2.46. The van der Waals surface area contributed by atoms with E-state index < -0.39 is 0 Å². The summed E-state index contributed by atoms with van der Waals surface area (Å²) in [5.41, 5.74) is 4.36. The van der Waals surface area contributed by atoms with Gasteiger partial charge in [-0.15, -0.1) is 0 Å². The predicted molar refractivity (Wildman–Crippen MR) is 126 cm³/mol. The Hall–Kier alpha value is -2.35. The molecule has 1 aliphatic rings. The number of ether oxygens (including phenoxy) is 2. The number of aromatic nitrogens is 2. The zero-order valence-corrected chi connectivity index (χ0v) is 19.6. The zero-order valence-electron chi connectivity index (χ0n) is 18.1. The van der Waals surface area contributed by atoms with Crippen molar-refractivity contribution < 1.29 is 14.6 Å². The van der Waals surface area contributed by atoms with Crippen LogP contribution < -0.4 is 4.74 Å². The minimum absolute atomic E-state index is 0.149. The van der Waals surface area contributed by atoms with E-state index in [2.05, 4.69) is 44.9 Å². The number of nitrogens with one attached hydrogen (secondary N) is 1. The summed E-state index contributed by atoms with van der Waals surface area (Å²) in [6, 6.07) is 13.5. The third-order valence-corrected chi connectivity index (χ3v) is 6.00. The van der Waals surface area contributed by atoms with Crippen molar-refractivity contribution in [3.8, 4) is 33.9 Å². The van der Waals surface area contributed by atoms with Gasteiger partial charge in [0.05, 0.1) is 12.2 Å². The minimum Gasteiger partial charge on any atom is -0.507 e. The molecule has 2 N–H and O–H groups in total. The first kappa shape index (κ1) is 21.9. The molecule has 0 amide bonds. The van der Waals surface area contributed by atoms with Crippen LogP contribution in [0.4, 0.5) is 0 Å². The van der Waals surface area contributed by atoms with Gasteiger partial charge in [-0.05, 0) is 50.6 Å². The van der Waals surface area contributed by atoms with Crippen molar-refractivity contribution in [3.05, 3.63) is 52.6 Å². The first-order chi connectivity index (χ1) is 14.9. The third kappa shape index (κ3) is 5.11. The molecular formula is C24H28BrN3O3. The summed E-state index contributed by atoms with van der Waals surface area (Å²) < 4.78 is 12.7. The Morgan fingerprint density at radius 3 is 2.55 bits per heavy atom. The van der Waals surface area contributed by atoms with Gasteiger partial charge in [-0.25, -0.2) is 0 Å². The number of phenolic OH excluding ortho intramolecular Hbond substituents is 1. The van der Waals surface area contributed by atoms with Gasteiger partial charge < -0.3 is 14.6 Å². The van der Waals surface area contributed by atoms with Crippen LogP contribution in [-0.2, 0) is 4.74 Å². The fourth-order valence-electron chi connectivity index (χ4n) is 4.15. The molecule has 0 unspecified atom stereocenters. The number of nitrogens with zero attached hydrogens (tertiary/aromatic N) is 2. The summed E-state index contributed by atoms with van der Waals surface area (Å²) in [4.78, 5) is 2.35. The highest BCUT2D eigenvalue weighted by Gasteiger charge is 2.22. The molecule has 0 radical (unpaired) electrons. The number of morpholine rings is 1. The van der Waals surface area contributed by atoms with Crippen LogP contribution in [0, 0.1) is 6.92 Å². The lowest BCUT2D eigenvalue weighted by Gasteiger charge is -2.35. The van der Waals surface area contributed by atoms with Gasteiger partial charge in [0.25, 0.3) is 0 Å². The highest BCUT2D eigenvalue weighted by Crippen LogP contribution is 2.38. The van der Waals surface area contributed by atoms with Gasteiger partial charge in [0.2, 0.25) is 0 Å². The second-order valence-electron chi connectivity index (χ2n) is 8.12. The van der Waals surface area contributed by atoms with Gasteiger partial charge in [-0.2, -0.15) is 5.10 Å². The molecule has 3 aromatic rings. The molecule has 1 aliphatic heterocycles. The van der Waals surface area contributed by atoms with Gasteiger partial charge in [0, 0.05) is 47.0 Å². The highest BCUT2D eigenvalue weighted by atomic mass is 79.9. The van der Waals surface area contributed by atoms with Gasteiger partial charge in [0.1, 0.15) is 23.8 Å². The number of benzene rings is 2. The molecule has 1 aromatic heterocycles. The second kappa shape index (κ2) is 9.42. The Morgan fingerprint density at radius 1 is 1.16 bits per heavy atom. The van der Waals surface area contributed by atoms with Crippen molar-refractivity contribution in [3.63, 3.8) is 0 Å². The number of aromatic amines is 1. The molecular weight excluding hydrogens is 458 g/mol. The van der Waals surface area contributed by atoms with E-state index in [1.165, 1.54) is 0 Å². The maximum absolute atomic E-state index is 10.7. The number of halogens is 1. The van der Waals surface area contributed by atoms with E-state index in [-0.39, 0.29) is 18.0 Å². The lowest BCUT2D eigenvalue weighted by molar-refractivity contribution is -0.0699. The van der Waals surface area contributed by atoms with Crippen LogP contribution in [-0.4, -0.2) is 58.7 Å². The van der Waals surface area contributed by atoms with Crippen LogP contribution in [0.5, 0.6) is 11.5 Å². The van der Waals surface area contributed by atoms with Crippen molar-refractivity contribution in [1.82, 2.24) is 15.1 Å². The number of aryl methyl sites for hydroxylation is 1. The van der Waals surface area contributed by atoms with Crippen LogP contribution in [0.1, 0.15) is 19.5 Å². The highest BCUT2D eigenvalue weighted by molar-refractivity contribution is 9.10. The Kier molecular flexibility index (Phi) is 6.65. The summed E-state index contributed by atoms with van der Waals surface area (Å²) in [6.07, 6.45) is 0.480. The first-order valence-corrected chi connectivity index (χ1v) is 11.3. The molecule has 2 aromatic carbocycles. The van der Waals surface area contributed by atoms with Crippen molar-refractivity contribution in [2.24, 2.45) is 0 Å².